The number of amides is 1. The van der Waals surface area contributed by atoms with Gasteiger partial charge in [-0.25, -0.2) is 0 Å². The van der Waals surface area contributed by atoms with E-state index in [9.17, 15) is 22.8 Å². The maximum absolute atomic E-state index is 12.9. The zero-order valence-electron chi connectivity index (χ0n) is 19.0. The quantitative estimate of drug-likeness (QED) is 0.407. The first-order valence-corrected chi connectivity index (χ1v) is 11.0. The molecule has 0 aromatic heterocycles. The third-order valence-electron chi connectivity index (χ3n) is 5.33. The number of benzene rings is 1. The lowest BCUT2D eigenvalue weighted by Gasteiger charge is -2.30. The van der Waals surface area contributed by atoms with Gasteiger partial charge in [-0.1, -0.05) is 26.0 Å². The van der Waals surface area contributed by atoms with Gasteiger partial charge in [0.15, 0.2) is 0 Å². The lowest BCUT2D eigenvalue weighted by molar-refractivity contribution is -0.146. The summed E-state index contributed by atoms with van der Waals surface area (Å²) in [6.45, 7) is 11.1. The van der Waals surface area contributed by atoms with E-state index in [1.807, 2.05) is 6.92 Å². The summed E-state index contributed by atoms with van der Waals surface area (Å²) in [6, 6.07) is 4.75. The molecule has 1 amide bonds. The van der Waals surface area contributed by atoms with Crippen LogP contribution in [0.3, 0.4) is 0 Å². The highest BCUT2D eigenvalue weighted by atomic mass is 19.4. The van der Waals surface area contributed by atoms with Crippen LogP contribution in [0.2, 0.25) is 0 Å². The molecule has 176 valence electrons. The van der Waals surface area contributed by atoms with Gasteiger partial charge in [0.05, 0.1) is 18.6 Å². The Morgan fingerprint density at radius 3 is 2.16 bits per heavy atom. The molecule has 0 radical (unpaired) electrons. The normalized spacial score (nSPS) is 12.6. The highest BCUT2D eigenvalue weighted by Gasteiger charge is 2.30. The molecule has 1 unspecified atom stereocenters. The molecule has 0 aliphatic heterocycles. The summed E-state index contributed by atoms with van der Waals surface area (Å²) >= 11 is 0. The van der Waals surface area contributed by atoms with Crippen LogP contribution in [0.4, 0.5) is 13.2 Å². The number of carbonyl (C=O) groups excluding carboxylic acids is 2. The molecular weight excluding hydrogens is 409 g/mol. The lowest BCUT2D eigenvalue weighted by atomic mass is 10.1. The molecule has 0 saturated heterocycles. The third-order valence-corrected chi connectivity index (χ3v) is 5.33. The molecule has 5 nitrogen and oxygen atoms in total. The van der Waals surface area contributed by atoms with E-state index in [1.165, 1.54) is 12.1 Å². The van der Waals surface area contributed by atoms with Crippen molar-refractivity contribution in [3.8, 4) is 0 Å². The molecule has 1 atom stereocenters. The predicted molar refractivity (Wildman–Crippen MR) is 114 cm³/mol. The molecule has 0 N–H and O–H groups in total. The minimum absolute atomic E-state index is 0.0116. The van der Waals surface area contributed by atoms with Gasteiger partial charge >= 0.3 is 12.1 Å². The van der Waals surface area contributed by atoms with E-state index in [4.69, 9.17) is 4.74 Å². The van der Waals surface area contributed by atoms with Crippen LogP contribution in [0.25, 0.3) is 0 Å². The van der Waals surface area contributed by atoms with Crippen molar-refractivity contribution in [1.29, 1.82) is 0 Å². The number of halogens is 3. The largest absolute Gasteiger partial charge is 0.466 e. The van der Waals surface area contributed by atoms with Gasteiger partial charge in [0.1, 0.15) is 0 Å². The van der Waals surface area contributed by atoms with Crippen LogP contribution in [0.5, 0.6) is 0 Å². The number of carbonyl (C=O) groups is 2. The van der Waals surface area contributed by atoms with Crippen molar-refractivity contribution in [2.75, 3.05) is 26.2 Å². The molecule has 0 saturated carbocycles. The molecular formula is C23H35F3N2O3. The number of nitrogens with zero attached hydrogens (tertiary/aromatic N) is 2. The van der Waals surface area contributed by atoms with Crippen LogP contribution >= 0.6 is 0 Å². The summed E-state index contributed by atoms with van der Waals surface area (Å²) < 4.78 is 43.4. The van der Waals surface area contributed by atoms with Crippen LogP contribution < -0.4 is 0 Å². The van der Waals surface area contributed by atoms with Gasteiger partial charge in [-0.2, -0.15) is 13.2 Å². The number of hydrogen-bond acceptors (Lipinski definition) is 4. The molecule has 1 rings (SSSR count). The van der Waals surface area contributed by atoms with Crippen LogP contribution in [0.1, 0.15) is 64.5 Å². The molecule has 0 spiro atoms. The van der Waals surface area contributed by atoms with Gasteiger partial charge in [0, 0.05) is 19.0 Å². The standard InChI is InChI=1S/C23H35F3N2O3/c1-5-27(6-2)16-8-9-18(4)28(21(29)14-15-22(30)31-7-3)17-19-10-12-20(13-11-19)23(24,25)26/h10-13,18H,5-9,14-17H2,1-4H3. The maximum atomic E-state index is 12.9. The first-order valence-electron chi connectivity index (χ1n) is 11.0. The van der Waals surface area contributed by atoms with E-state index < -0.39 is 17.7 Å². The van der Waals surface area contributed by atoms with Crippen molar-refractivity contribution in [3.05, 3.63) is 35.4 Å². The number of ether oxygens (including phenoxy) is 1. The highest BCUT2D eigenvalue weighted by molar-refractivity contribution is 5.81. The summed E-state index contributed by atoms with van der Waals surface area (Å²) in [6.07, 6.45) is -2.73. The van der Waals surface area contributed by atoms with E-state index >= 15 is 0 Å². The van der Waals surface area contributed by atoms with Gasteiger partial charge in [-0.15, -0.1) is 0 Å². The summed E-state index contributed by atoms with van der Waals surface area (Å²) in [5.41, 5.74) is -0.100. The molecule has 0 heterocycles. The fourth-order valence-electron chi connectivity index (χ4n) is 3.38. The van der Waals surface area contributed by atoms with Crippen LogP contribution in [-0.4, -0.2) is 54.0 Å². The third kappa shape index (κ3) is 9.72. The number of hydrogen-bond donors (Lipinski definition) is 0. The summed E-state index contributed by atoms with van der Waals surface area (Å²) in [5.74, 6) is -0.636. The monoisotopic (exact) mass is 444 g/mol. The Morgan fingerprint density at radius 2 is 1.65 bits per heavy atom. The SMILES string of the molecule is CCOC(=O)CCC(=O)N(Cc1ccc(C(F)(F)F)cc1)C(C)CCCN(CC)CC. The molecule has 0 bridgehead atoms. The van der Waals surface area contributed by atoms with Crippen molar-refractivity contribution in [2.45, 2.75) is 72.1 Å². The summed E-state index contributed by atoms with van der Waals surface area (Å²) in [4.78, 5) is 28.5. The van der Waals surface area contributed by atoms with Crippen molar-refractivity contribution < 1.29 is 27.5 Å². The van der Waals surface area contributed by atoms with Crippen LogP contribution in [0.15, 0.2) is 24.3 Å². The second kappa shape index (κ2) is 13.3. The maximum Gasteiger partial charge on any atom is 0.416 e. The molecule has 0 aliphatic carbocycles. The van der Waals surface area contributed by atoms with Crippen molar-refractivity contribution in [2.24, 2.45) is 0 Å². The van der Waals surface area contributed by atoms with Crippen molar-refractivity contribution in [3.63, 3.8) is 0 Å². The number of rotatable bonds is 13. The second-order valence-corrected chi connectivity index (χ2v) is 7.54. The number of esters is 1. The molecule has 31 heavy (non-hydrogen) atoms. The lowest BCUT2D eigenvalue weighted by Crippen LogP contribution is -2.39. The van der Waals surface area contributed by atoms with Gasteiger partial charge in [-0.05, 0) is 64.0 Å². The Morgan fingerprint density at radius 1 is 1.03 bits per heavy atom. The first-order chi connectivity index (χ1) is 14.6. The van der Waals surface area contributed by atoms with Crippen molar-refractivity contribution in [1.82, 2.24) is 9.80 Å². The van der Waals surface area contributed by atoms with Crippen LogP contribution in [-0.2, 0) is 27.0 Å². The van der Waals surface area contributed by atoms with Gasteiger partial charge in [-0.3, -0.25) is 9.59 Å². The highest BCUT2D eigenvalue weighted by Crippen LogP contribution is 2.29. The van der Waals surface area contributed by atoms with Gasteiger partial charge < -0.3 is 14.5 Å². The fourth-order valence-corrected chi connectivity index (χ4v) is 3.38. The minimum Gasteiger partial charge on any atom is -0.466 e. The Bertz CT molecular complexity index is 674. The van der Waals surface area contributed by atoms with E-state index in [1.54, 1.807) is 11.8 Å². The average Bonchev–Trinajstić information content (AvgIpc) is 2.73. The Balaban J connectivity index is 2.85. The average molecular weight is 445 g/mol. The van der Waals surface area contributed by atoms with E-state index in [2.05, 4.69) is 18.7 Å². The zero-order chi connectivity index (χ0) is 23.4. The van der Waals surface area contributed by atoms with Gasteiger partial charge in [0.2, 0.25) is 5.91 Å². The zero-order valence-corrected chi connectivity index (χ0v) is 19.0. The molecule has 1 aromatic rings. The van der Waals surface area contributed by atoms with E-state index in [0.717, 1.165) is 44.6 Å². The Kier molecular flexibility index (Phi) is 11.6. The Hall–Kier alpha value is -2.09. The minimum atomic E-state index is -4.40. The Labute approximate surface area is 183 Å². The second-order valence-electron chi connectivity index (χ2n) is 7.54. The van der Waals surface area contributed by atoms with Gasteiger partial charge in [0.25, 0.3) is 0 Å². The van der Waals surface area contributed by atoms with Crippen molar-refractivity contribution >= 4 is 11.9 Å². The summed E-state index contributed by atoms with van der Waals surface area (Å²) in [7, 11) is 0. The molecule has 1 aromatic carbocycles. The number of alkyl halides is 3. The molecule has 0 aliphatic rings. The topological polar surface area (TPSA) is 49.9 Å². The summed E-state index contributed by atoms with van der Waals surface area (Å²) in [5, 5.41) is 0. The smallest absolute Gasteiger partial charge is 0.416 e. The fraction of sp³-hybridized carbons (Fsp3) is 0.652. The van der Waals surface area contributed by atoms with E-state index in [0.29, 0.717) is 5.56 Å². The first kappa shape index (κ1) is 26.9. The predicted octanol–water partition coefficient (Wildman–Crippen LogP) is 4.89. The van der Waals surface area contributed by atoms with E-state index in [-0.39, 0.29) is 37.9 Å². The molecule has 8 heteroatoms. The molecule has 0 fully saturated rings. The van der Waals surface area contributed by atoms with Crippen LogP contribution in [0, 0.1) is 0 Å².